The molecule has 1 aliphatic heterocycles. The zero-order chi connectivity index (χ0) is 8.65. The Bertz CT molecular complexity index is 171. The number of amides is 1. The van der Waals surface area contributed by atoms with E-state index in [1.165, 1.54) is 0 Å². The highest BCUT2D eigenvalue weighted by Gasteiger charge is 2.35. The lowest BCUT2D eigenvalue weighted by atomic mass is 9.85. The summed E-state index contributed by atoms with van der Waals surface area (Å²) in [4.78, 5) is 11.0. The monoisotopic (exact) mass is 156 g/mol. The summed E-state index contributed by atoms with van der Waals surface area (Å²) in [6.45, 7) is 6.32. The van der Waals surface area contributed by atoms with Crippen molar-refractivity contribution >= 4 is 5.91 Å². The average Bonchev–Trinajstić information content (AvgIpc) is 2.11. The number of rotatable bonds is 0. The number of nitrogens with two attached hydrogens (primary N) is 1. The van der Waals surface area contributed by atoms with Crippen molar-refractivity contribution in [2.75, 3.05) is 0 Å². The first-order chi connectivity index (χ1) is 4.91. The normalized spacial score (nSPS) is 32.2. The van der Waals surface area contributed by atoms with E-state index in [1.54, 1.807) is 0 Å². The van der Waals surface area contributed by atoms with Crippen molar-refractivity contribution in [3.63, 3.8) is 0 Å². The maximum Gasteiger partial charge on any atom is 0.237 e. The van der Waals surface area contributed by atoms with E-state index in [-0.39, 0.29) is 23.4 Å². The number of hydrogen-bond donors (Lipinski definition) is 2. The minimum Gasteiger partial charge on any atom is -0.351 e. The highest BCUT2D eigenvalue weighted by Crippen LogP contribution is 2.25. The molecule has 0 saturated carbocycles. The molecule has 3 nitrogen and oxygen atoms in total. The molecule has 0 spiro atoms. The molecule has 0 aromatic rings. The highest BCUT2D eigenvalue weighted by molar-refractivity contribution is 5.84. The van der Waals surface area contributed by atoms with Gasteiger partial charge in [0, 0.05) is 6.04 Å². The van der Waals surface area contributed by atoms with E-state index < -0.39 is 0 Å². The third-order valence-corrected chi connectivity index (χ3v) is 2.19. The van der Waals surface area contributed by atoms with Crippen molar-refractivity contribution in [3.05, 3.63) is 0 Å². The van der Waals surface area contributed by atoms with E-state index in [0.29, 0.717) is 0 Å². The van der Waals surface area contributed by atoms with Gasteiger partial charge in [-0.05, 0) is 11.8 Å². The van der Waals surface area contributed by atoms with Crippen molar-refractivity contribution in [1.82, 2.24) is 5.32 Å². The van der Waals surface area contributed by atoms with Crippen LogP contribution in [0.15, 0.2) is 0 Å². The quantitative estimate of drug-likeness (QED) is 0.528. The van der Waals surface area contributed by atoms with Crippen LogP contribution in [0.3, 0.4) is 0 Å². The first-order valence-electron chi connectivity index (χ1n) is 3.97. The largest absolute Gasteiger partial charge is 0.351 e. The zero-order valence-corrected chi connectivity index (χ0v) is 7.35. The third kappa shape index (κ3) is 1.71. The van der Waals surface area contributed by atoms with Gasteiger partial charge in [-0.15, -0.1) is 0 Å². The summed E-state index contributed by atoms with van der Waals surface area (Å²) >= 11 is 0. The summed E-state index contributed by atoms with van der Waals surface area (Å²) < 4.78 is 0. The highest BCUT2D eigenvalue weighted by atomic mass is 16.2. The van der Waals surface area contributed by atoms with Crippen molar-refractivity contribution in [1.29, 1.82) is 0 Å². The molecule has 3 N–H and O–H groups in total. The molecule has 1 heterocycles. The molecule has 0 aromatic carbocycles. The summed E-state index contributed by atoms with van der Waals surface area (Å²) in [5.74, 6) is -0.00933. The summed E-state index contributed by atoms with van der Waals surface area (Å²) in [6, 6.07) is -0.0516. The van der Waals surface area contributed by atoms with Crippen LogP contribution in [-0.4, -0.2) is 18.0 Å². The molecule has 0 aromatic heterocycles. The van der Waals surface area contributed by atoms with E-state index >= 15 is 0 Å². The second-order valence-electron chi connectivity index (χ2n) is 4.27. The van der Waals surface area contributed by atoms with E-state index in [9.17, 15) is 4.79 Å². The average molecular weight is 156 g/mol. The maximum absolute atomic E-state index is 11.0. The lowest BCUT2D eigenvalue weighted by Gasteiger charge is -2.26. The second-order valence-corrected chi connectivity index (χ2v) is 4.27. The van der Waals surface area contributed by atoms with Crippen LogP contribution in [0.2, 0.25) is 0 Å². The molecule has 11 heavy (non-hydrogen) atoms. The smallest absolute Gasteiger partial charge is 0.237 e. The summed E-state index contributed by atoms with van der Waals surface area (Å²) in [7, 11) is 0. The Morgan fingerprint density at radius 1 is 1.55 bits per heavy atom. The predicted molar refractivity (Wildman–Crippen MR) is 44.0 cm³/mol. The van der Waals surface area contributed by atoms with Gasteiger partial charge in [0.25, 0.3) is 0 Å². The zero-order valence-electron chi connectivity index (χ0n) is 7.35. The van der Waals surface area contributed by atoms with Gasteiger partial charge in [0.05, 0.1) is 6.04 Å². The Labute approximate surface area is 67.3 Å². The number of nitrogens with one attached hydrogen (secondary N) is 1. The first kappa shape index (κ1) is 8.53. The van der Waals surface area contributed by atoms with Crippen LogP contribution in [0.5, 0.6) is 0 Å². The molecule has 1 amide bonds. The molecule has 0 unspecified atom stereocenters. The Balaban J connectivity index is 2.61. The van der Waals surface area contributed by atoms with E-state index in [2.05, 4.69) is 26.1 Å². The Morgan fingerprint density at radius 3 is 2.27 bits per heavy atom. The van der Waals surface area contributed by atoms with Crippen LogP contribution in [0.25, 0.3) is 0 Å². The first-order valence-corrected chi connectivity index (χ1v) is 3.97. The fraction of sp³-hybridized carbons (Fsp3) is 0.875. The minimum absolute atomic E-state index is 0.00933. The summed E-state index contributed by atoms with van der Waals surface area (Å²) in [6.07, 6.45) is 0.766. The Hall–Kier alpha value is -0.570. The molecular weight excluding hydrogens is 140 g/mol. The standard InChI is InChI=1S/C8H16N2O/c1-8(2,3)6-4-5(9)7(11)10-6/h5-6H,4,9H2,1-3H3,(H,10,11)/t5-,6-/m1/s1. The van der Waals surface area contributed by atoms with Crippen LogP contribution in [-0.2, 0) is 4.79 Å². The molecule has 0 radical (unpaired) electrons. The number of carbonyl (C=O) groups excluding carboxylic acids is 1. The summed E-state index contributed by atoms with van der Waals surface area (Å²) in [5.41, 5.74) is 5.68. The van der Waals surface area contributed by atoms with Gasteiger partial charge in [-0.2, -0.15) is 0 Å². The van der Waals surface area contributed by atoms with E-state index in [1.807, 2.05) is 0 Å². The molecule has 2 atom stereocenters. The van der Waals surface area contributed by atoms with Gasteiger partial charge in [-0.1, -0.05) is 20.8 Å². The molecule has 1 rings (SSSR count). The molecule has 64 valence electrons. The van der Waals surface area contributed by atoms with Gasteiger partial charge in [-0.25, -0.2) is 0 Å². The van der Waals surface area contributed by atoms with Crippen LogP contribution < -0.4 is 11.1 Å². The van der Waals surface area contributed by atoms with Gasteiger partial charge in [0.2, 0.25) is 5.91 Å². The van der Waals surface area contributed by atoms with Crippen molar-refractivity contribution < 1.29 is 4.79 Å². The van der Waals surface area contributed by atoms with Gasteiger partial charge in [0.1, 0.15) is 0 Å². The SMILES string of the molecule is CC(C)(C)[C@H]1C[C@@H](N)C(=O)N1. The fourth-order valence-electron chi connectivity index (χ4n) is 1.27. The third-order valence-electron chi connectivity index (χ3n) is 2.19. The number of hydrogen-bond acceptors (Lipinski definition) is 2. The number of carbonyl (C=O) groups is 1. The minimum atomic E-state index is -0.292. The van der Waals surface area contributed by atoms with Gasteiger partial charge in [-0.3, -0.25) is 4.79 Å². The molecule has 1 aliphatic rings. The van der Waals surface area contributed by atoms with Crippen molar-refractivity contribution in [3.8, 4) is 0 Å². The van der Waals surface area contributed by atoms with Gasteiger partial charge in [0.15, 0.2) is 0 Å². The lowest BCUT2D eigenvalue weighted by Crippen LogP contribution is -2.37. The Kier molecular flexibility index (Phi) is 1.92. The summed E-state index contributed by atoms with van der Waals surface area (Å²) in [5, 5.41) is 2.88. The molecule has 0 bridgehead atoms. The van der Waals surface area contributed by atoms with Crippen LogP contribution in [0, 0.1) is 5.41 Å². The molecule has 1 saturated heterocycles. The van der Waals surface area contributed by atoms with Gasteiger partial charge >= 0.3 is 0 Å². The second kappa shape index (κ2) is 2.48. The molecule has 0 aliphatic carbocycles. The maximum atomic E-state index is 11.0. The van der Waals surface area contributed by atoms with Crippen LogP contribution in [0.1, 0.15) is 27.2 Å². The lowest BCUT2D eigenvalue weighted by molar-refractivity contribution is -0.120. The molecule has 1 fully saturated rings. The van der Waals surface area contributed by atoms with Gasteiger partial charge < -0.3 is 11.1 Å². The van der Waals surface area contributed by atoms with E-state index in [4.69, 9.17) is 5.73 Å². The molecule has 3 heteroatoms. The van der Waals surface area contributed by atoms with Crippen molar-refractivity contribution in [2.45, 2.75) is 39.3 Å². The van der Waals surface area contributed by atoms with Crippen LogP contribution in [0.4, 0.5) is 0 Å². The van der Waals surface area contributed by atoms with Crippen molar-refractivity contribution in [2.24, 2.45) is 11.1 Å². The fourth-order valence-corrected chi connectivity index (χ4v) is 1.27. The predicted octanol–water partition coefficient (Wildman–Crippen LogP) is 0.248. The van der Waals surface area contributed by atoms with Crippen LogP contribution >= 0.6 is 0 Å². The topological polar surface area (TPSA) is 55.1 Å². The van der Waals surface area contributed by atoms with E-state index in [0.717, 1.165) is 6.42 Å². The Morgan fingerprint density at radius 2 is 2.09 bits per heavy atom. The molecular formula is C8H16N2O.